The van der Waals surface area contributed by atoms with Gasteiger partial charge in [-0.1, -0.05) is 33.6 Å². The summed E-state index contributed by atoms with van der Waals surface area (Å²) >= 11 is 9.54. The van der Waals surface area contributed by atoms with Crippen molar-refractivity contribution in [2.75, 3.05) is 5.73 Å². The Balaban J connectivity index is 2.11. The van der Waals surface area contributed by atoms with Gasteiger partial charge in [0.25, 0.3) is 0 Å². The summed E-state index contributed by atoms with van der Waals surface area (Å²) < 4.78 is 6.80. The Morgan fingerprint density at radius 1 is 1.10 bits per heavy atom. The summed E-state index contributed by atoms with van der Waals surface area (Å²) in [5.41, 5.74) is 7.26. The number of ether oxygens (including phenoxy) is 1. The van der Waals surface area contributed by atoms with Crippen LogP contribution in [0.5, 0.6) is 11.5 Å². The molecule has 0 amide bonds. The number of nitrogens with two attached hydrogens (primary N) is 1. The quantitative estimate of drug-likeness (QED) is 0.660. The Kier molecular flexibility index (Phi) is 3.51. The van der Waals surface area contributed by atoms with E-state index in [1.165, 1.54) is 0 Å². The van der Waals surface area contributed by atoms with Crippen molar-refractivity contribution in [1.29, 1.82) is 0 Å². The van der Waals surface area contributed by atoms with E-state index in [-0.39, 0.29) is 0 Å². The molecular formula is C15H10BrClN2O. The third-order valence-corrected chi connectivity index (χ3v) is 3.68. The highest BCUT2D eigenvalue weighted by Crippen LogP contribution is 2.35. The van der Waals surface area contributed by atoms with Crippen LogP contribution in [0.1, 0.15) is 0 Å². The lowest BCUT2D eigenvalue weighted by atomic mass is 10.2. The summed E-state index contributed by atoms with van der Waals surface area (Å²) in [6.45, 7) is 0. The number of pyridine rings is 1. The first-order valence-corrected chi connectivity index (χ1v) is 7.08. The molecule has 0 unspecified atom stereocenters. The number of nitrogens with zero attached hydrogens (tertiary/aromatic N) is 1. The molecule has 0 aliphatic rings. The molecule has 3 rings (SSSR count). The largest absolute Gasteiger partial charge is 0.455 e. The van der Waals surface area contributed by atoms with E-state index >= 15 is 0 Å². The summed E-state index contributed by atoms with van der Waals surface area (Å²) in [4.78, 5) is 4.28. The van der Waals surface area contributed by atoms with E-state index in [0.717, 1.165) is 15.4 Å². The maximum absolute atomic E-state index is 6.14. The molecular weight excluding hydrogens is 340 g/mol. The molecule has 0 saturated heterocycles. The highest BCUT2D eigenvalue weighted by Gasteiger charge is 2.09. The van der Waals surface area contributed by atoms with E-state index in [0.29, 0.717) is 22.2 Å². The van der Waals surface area contributed by atoms with Gasteiger partial charge in [-0.05, 0) is 36.4 Å². The molecule has 0 spiro atoms. The number of halogens is 2. The number of anilines is 1. The van der Waals surface area contributed by atoms with Crippen LogP contribution in [-0.4, -0.2) is 4.98 Å². The van der Waals surface area contributed by atoms with Gasteiger partial charge in [-0.2, -0.15) is 0 Å². The number of aromatic nitrogens is 1. The van der Waals surface area contributed by atoms with Crippen LogP contribution in [-0.2, 0) is 0 Å². The summed E-state index contributed by atoms with van der Waals surface area (Å²) in [7, 11) is 0. The topological polar surface area (TPSA) is 48.1 Å². The fraction of sp³-hybridized carbons (Fsp3) is 0. The molecule has 100 valence electrons. The highest BCUT2D eigenvalue weighted by molar-refractivity contribution is 9.10. The van der Waals surface area contributed by atoms with Crippen LogP contribution in [0.4, 0.5) is 5.69 Å². The van der Waals surface area contributed by atoms with Crippen molar-refractivity contribution >= 4 is 44.1 Å². The normalized spacial score (nSPS) is 10.7. The van der Waals surface area contributed by atoms with Crippen molar-refractivity contribution in [2.45, 2.75) is 0 Å². The van der Waals surface area contributed by atoms with Gasteiger partial charge in [0.05, 0.1) is 16.2 Å². The Morgan fingerprint density at radius 2 is 1.95 bits per heavy atom. The molecule has 0 radical (unpaired) electrons. The van der Waals surface area contributed by atoms with Crippen molar-refractivity contribution in [3.05, 3.63) is 58.2 Å². The third-order valence-electron chi connectivity index (χ3n) is 2.88. The van der Waals surface area contributed by atoms with Gasteiger partial charge in [0, 0.05) is 16.1 Å². The average molecular weight is 350 g/mol. The number of hydrogen-bond acceptors (Lipinski definition) is 3. The number of benzene rings is 2. The van der Waals surface area contributed by atoms with Crippen LogP contribution in [0.2, 0.25) is 5.02 Å². The van der Waals surface area contributed by atoms with Crippen molar-refractivity contribution in [3.63, 3.8) is 0 Å². The van der Waals surface area contributed by atoms with Crippen molar-refractivity contribution < 1.29 is 4.74 Å². The first-order chi connectivity index (χ1) is 9.65. The molecule has 0 fully saturated rings. The van der Waals surface area contributed by atoms with E-state index in [1.807, 2.05) is 30.3 Å². The maximum atomic E-state index is 6.14. The molecule has 20 heavy (non-hydrogen) atoms. The standard InChI is InChI=1S/C15H10BrClN2O/c16-9-4-5-11(17)14(8-9)20-13-6-7-19-15-10(13)2-1-3-12(15)18/h1-8H,18H2. The minimum Gasteiger partial charge on any atom is -0.455 e. The lowest BCUT2D eigenvalue weighted by molar-refractivity contribution is 0.488. The van der Waals surface area contributed by atoms with E-state index in [1.54, 1.807) is 18.3 Å². The second-order valence-corrected chi connectivity index (χ2v) is 5.55. The smallest absolute Gasteiger partial charge is 0.147 e. The van der Waals surface area contributed by atoms with Crippen LogP contribution in [0.25, 0.3) is 10.9 Å². The Morgan fingerprint density at radius 3 is 2.80 bits per heavy atom. The molecule has 0 bridgehead atoms. The molecule has 3 nitrogen and oxygen atoms in total. The van der Waals surface area contributed by atoms with Gasteiger partial charge >= 0.3 is 0 Å². The van der Waals surface area contributed by atoms with E-state index in [2.05, 4.69) is 20.9 Å². The Labute approximate surface area is 129 Å². The molecule has 0 aliphatic heterocycles. The van der Waals surface area contributed by atoms with Crippen molar-refractivity contribution in [1.82, 2.24) is 4.98 Å². The first kappa shape index (κ1) is 13.2. The van der Waals surface area contributed by atoms with Gasteiger partial charge in [0.1, 0.15) is 11.5 Å². The number of fused-ring (bicyclic) bond motifs is 1. The number of rotatable bonds is 2. The zero-order chi connectivity index (χ0) is 14.1. The van der Waals surface area contributed by atoms with Gasteiger partial charge in [0.2, 0.25) is 0 Å². The van der Waals surface area contributed by atoms with Crippen molar-refractivity contribution in [2.24, 2.45) is 0 Å². The fourth-order valence-corrected chi connectivity index (χ4v) is 2.43. The lowest BCUT2D eigenvalue weighted by Gasteiger charge is -2.11. The van der Waals surface area contributed by atoms with Crippen LogP contribution >= 0.6 is 27.5 Å². The zero-order valence-electron chi connectivity index (χ0n) is 10.3. The van der Waals surface area contributed by atoms with Crippen LogP contribution in [0.3, 0.4) is 0 Å². The highest BCUT2D eigenvalue weighted by atomic mass is 79.9. The molecule has 1 aromatic heterocycles. The fourth-order valence-electron chi connectivity index (χ4n) is 1.94. The summed E-state index contributed by atoms with van der Waals surface area (Å²) in [6.07, 6.45) is 1.67. The molecule has 1 heterocycles. The molecule has 2 aromatic carbocycles. The van der Waals surface area contributed by atoms with Gasteiger partial charge in [-0.25, -0.2) is 0 Å². The predicted molar refractivity (Wildman–Crippen MR) is 85.4 cm³/mol. The number of hydrogen-bond donors (Lipinski definition) is 1. The molecule has 0 aliphatic carbocycles. The monoisotopic (exact) mass is 348 g/mol. The van der Waals surface area contributed by atoms with Crippen molar-refractivity contribution in [3.8, 4) is 11.5 Å². The lowest BCUT2D eigenvalue weighted by Crippen LogP contribution is -1.92. The minimum absolute atomic E-state index is 0.544. The summed E-state index contributed by atoms with van der Waals surface area (Å²) in [5, 5.41) is 1.39. The van der Waals surface area contributed by atoms with Gasteiger partial charge in [0.15, 0.2) is 0 Å². The first-order valence-electron chi connectivity index (χ1n) is 5.91. The SMILES string of the molecule is Nc1cccc2c(Oc3cc(Br)ccc3Cl)ccnc12. The molecule has 0 atom stereocenters. The summed E-state index contributed by atoms with van der Waals surface area (Å²) in [6, 6.07) is 12.8. The van der Waals surface area contributed by atoms with Crippen LogP contribution < -0.4 is 10.5 Å². The third kappa shape index (κ3) is 2.44. The summed E-state index contributed by atoms with van der Waals surface area (Å²) in [5.74, 6) is 1.25. The van der Waals surface area contributed by atoms with Gasteiger partial charge in [-0.15, -0.1) is 0 Å². The van der Waals surface area contributed by atoms with Gasteiger partial charge in [-0.3, -0.25) is 4.98 Å². The van der Waals surface area contributed by atoms with E-state index in [9.17, 15) is 0 Å². The zero-order valence-corrected chi connectivity index (χ0v) is 12.6. The molecule has 5 heteroatoms. The van der Waals surface area contributed by atoms with E-state index < -0.39 is 0 Å². The number of nitrogen functional groups attached to an aromatic ring is 1. The second kappa shape index (κ2) is 5.31. The minimum atomic E-state index is 0.544. The number of para-hydroxylation sites is 1. The molecule has 0 saturated carbocycles. The predicted octanol–water partition coefficient (Wildman–Crippen LogP) is 5.03. The second-order valence-electron chi connectivity index (χ2n) is 4.23. The maximum Gasteiger partial charge on any atom is 0.147 e. The van der Waals surface area contributed by atoms with Crippen LogP contribution in [0.15, 0.2) is 53.1 Å². The average Bonchev–Trinajstić information content (AvgIpc) is 2.44. The molecule has 2 N–H and O–H groups in total. The van der Waals surface area contributed by atoms with Gasteiger partial charge < -0.3 is 10.5 Å². The van der Waals surface area contributed by atoms with Crippen LogP contribution in [0, 0.1) is 0 Å². The Hall–Kier alpha value is -1.78. The molecule has 3 aromatic rings. The van der Waals surface area contributed by atoms with E-state index in [4.69, 9.17) is 22.1 Å². The Bertz CT molecular complexity index is 792.